The van der Waals surface area contributed by atoms with Crippen molar-refractivity contribution in [3.8, 4) is 0 Å². The van der Waals surface area contributed by atoms with E-state index in [0.29, 0.717) is 19.0 Å². The Balaban J connectivity index is 2.42. The Morgan fingerprint density at radius 1 is 1.39 bits per heavy atom. The van der Waals surface area contributed by atoms with Crippen molar-refractivity contribution in [3.05, 3.63) is 5.82 Å². The number of rotatable bonds is 6. The van der Waals surface area contributed by atoms with Crippen molar-refractivity contribution in [2.45, 2.75) is 20.0 Å². The molecule has 0 aromatic carbocycles. The smallest absolute Gasteiger partial charge is 0.349 e. The van der Waals surface area contributed by atoms with Crippen LogP contribution in [-0.2, 0) is 6.18 Å². The summed E-state index contributed by atoms with van der Waals surface area (Å²) in [5.74, 6) is -0.516. The molecule has 0 spiro atoms. The lowest BCUT2D eigenvalue weighted by atomic mass is 10.2. The van der Waals surface area contributed by atoms with Gasteiger partial charge in [-0.05, 0) is 12.5 Å². The van der Waals surface area contributed by atoms with Gasteiger partial charge >= 0.3 is 6.18 Å². The lowest BCUT2D eigenvalue weighted by Crippen LogP contribution is -2.31. The summed E-state index contributed by atoms with van der Waals surface area (Å²) in [4.78, 5) is 5.14. The van der Waals surface area contributed by atoms with E-state index in [1.165, 1.54) is 0 Å². The van der Waals surface area contributed by atoms with E-state index in [9.17, 15) is 13.2 Å². The molecular weight excluding hydrogens is 265 g/mol. The van der Waals surface area contributed by atoms with Crippen LogP contribution >= 0.6 is 11.5 Å². The summed E-state index contributed by atoms with van der Waals surface area (Å²) in [6, 6.07) is 0. The van der Waals surface area contributed by atoms with Crippen molar-refractivity contribution in [3.63, 3.8) is 0 Å². The average Bonchev–Trinajstić information content (AvgIpc) is 2.72. The van der Waals surface area contributed by atoms with E-state index in [1.807, 2.05) is 0 Å². The van der Waals surface area contributed by atoms with Gasteiger partial charge in [-0.2, -0.15) is 22.5 Å². The van der Waals surface area contributed by atoms with Crippen LogP contribution < -0.4 is 10.2 Å². The maximum Gasteiger partial charge on any atom is 0.452 e. The summed E-state index contributed by atoms with van der Waals surface area (Å²) in [6.07, 6.45) is -4.47. The van der Waals surface area contributed by atoms with E-state index in [2.05, 4.69) is 28.5 Å². The molecule has 1 heterocycles. The van der Waals surface area contributed by atoms with Gasteiger partial charge in [-0.15, -0.1) is 0 Å². The summed E-state index contributed by atoms with van der Waals surface area (Å²) < 4.78 is 40.2. The molecule has 18 heavy (non-hydrogen) atoms. The highest BCUT2D eigenvalue weighted by Crippen LogP contribution is 2.29. The van der Waals surface area contributed by atoms with Gasteiger partial charge in [0.1, 0.15) is 0 Å². The zero-order chi connectivity index (χ0) is 13.8. The number of halogens is 3. The van der Waals surface area contributed by atoms with E-state index >= 15 is 0 Å². The fourth-order valence-electron chi connectivity index (χ4n) is 1.22. The van der Waals surface area contributed by atoms with Crippen molar-refractivity contribution in [1.29, 1.82) is 0 Å². The van der Waals surface area contributed by atoms with Crippen LogP contribution in [0.3, 0.4) is 0 Å². The molecule has 0 atom stereocenters. The van der Waals surface area contributed by atoms with Gasteiger partial charge in [0.15, 0.2) is 0 Å². The van der Waals surface area contributed by atoms with Crippen LogP contribution in [0.25, 0.3) is 0 Å². The average molecular weight is 282 g/mol. The summed E-state index contributed by atoms with van der Waals surface area (Å²) in [5, 5.41) is 3.50. The number of anilines is 1. The van der Waals surface area contributed by atoms with Crippen molar-refractivity contribution in [2.24, 2.45) is 5.92 Å². The number of nitrogens with one attached hydrogen (secondary N) is 1. The van der Waals surface area contributed by atoms with Crippen molar-refractivity contribution in [1.82, 2.24) is 14.7 Å². The van der Waals surface area contributed by atoms with Crippen LogP contribution in [0.4, 0.5) is 18.3 Å². The third-order valence-corrected chi connectivity index (χ3v) is 3.00. The third kappa shape index (κ3) is 4.77. The molecule has 8 heteroatoms. The second-order valence-corrected chi connectivity index (χ2v) is 5.15. The van der Waals surface area contributed by atoms with E-state index in [0.717, 1.165) is 18.1 Å². The Morgan fingerprint density at radius 3 is 2.56 bits per heavy atom. The highest BCUT2D eigenvalue weighted by atomic mass is 32.1. The summed E-state index contributed by atoms with van der Waals surface area (Å²) in [7, 11) is 1.71. The molecule has 0 aliphatic carbocycles. The van der Waals surface area contributed by atoms with Crippen LogP contribution in [0.5, 0.6) is 0 Å². The van der Waals surface area contributed by atoms with E-state index < -0.39 is 12.0 Å². The predicted octanol–water partition coefficient (Wildman–Crippen LogP) is 2.24. The first kappa shape index (κ1) is 15.2. The second-order valence-electron chi connectivity index (χ2n) is 4.42. The maximum absolute atomic E-state index is 12.3. The Morgan fingerprint density at radius 2 is 2.06 bits per heavy atom. The molecule has 0 aliphatic heterocycles. The van der Waals surface area contributed by atoms with Crippen molar-refractivity contribution < 1.29 is 13.2 Å². The van der Waals surface area contributed by atoms with Gasteiger partial charge in [0.25, 0.3) is 0 Å². The van der Waals surface area contributed by atoms with Crippen LogP contribution in [-0.4, -0.2) is 36.0 Å². The standard InChI is InChI=1S/C10H17F3N4S/c1-7(2)6-14-4-5-17(3)9-15-8(16-18-9)10(11,12)13/h7,14H,4-6H2,1-3H3. The molecule has 1 N–H and O–H groups in total. The Kier molecular flexibility index (Phi) is 5.33. The molecule has 4 nitrogen and oxygen atoms in total. The predicted molar refractivity (Wildman–Crippen MR) is 65.9 cm³/mol. The molecule has 104 valence electrons. The highest BCUT2D eigenvalue weighted by molar-refractivity contribution is 7.09. The molecule has 0 fully saturated rings. The zero-order valence-corrected chi connectivity index (χ0v) is 11.4. The topological polar surface area (TPSA) is 41.0 Å². The minimum Gasteiger partial charge on any atom is -0.349 e. The Bertz CT molecular complexity index is 364. The monoisotopic (exact) mass is 282 g/mol. The van der Waals surface area contributed by atoms with Gasteiger partial charge in [0.2, 0.25) is 11.0 Å². The second kappa shape index (κ2) is 6.33. The Labute approximate surface area is 108 Å². The first-order chi connectivity index (χ1) is 8.30. The first-order valence-corrected chi connectivity index (χ1v) is 6.40. The van der Waals surface area contributed by atoms with E-state index in [-0.39, 0.29) is 5.13 Å². The number of hydrogen-bond acceptors (Lipinski definition) is 5. The molecule has 0 aliphatic rings. The molecule has 1 aromatic heterocycles. The molecule has 0 saturated heterocycles. The highest BCUT2D eigenvalue weighted by Gasteiger charge is 2.36. The van der Waals surface area contributed by atoms with Gasteiger partial charge in [-0.1, -0.05) is 13.8 Å². The third-order valence-electron chi connectivity index (χ3n) is 2.17. The summed E-state index contributed by atoms with van der Waals surface area (Å²) in [6.45, 7) is 6.38. The van der Waals surface area contributed by atoms with Crippen molar-refractivity contribution in [2.75, 3.05) is 31.6 Å². The summed E-state index contributed by atoms with van der Waals surface area (Å²) in [5.41, 5.74) is 0. The molecule has 1 aromatic rings. The number of likely N-dealkylation sites (N-methyl/N-ethyl adjacent to an activating group) is 1. The van der Waals surface area contributed by atoms with E-state index in [4.69, 9.17) is 0 Å². The largest absolute Gasteiger partial charge is 0.452 e. The normalized spacial score (nSPS) is 12.2. The van der Waals surface area contributed by atoms with Crippen molar-refractivity contribution >= 4 is 16.7 Å². The van der Waals surface area contributed by atoms with E-state index in [1.54, 1.807) is 11.9 Å². The molecule has 0 saturated carbocycles. The van der Waals surface area contributed by atoms with Crippen LogP contribution in [0.15, 0.2) is 0 Å². The van der Waals surface area contributed by atoms with Crippen LogP contribution in [0.1, 0.15) is 19.7 Å². The summed E-state index contributed by atoms with van der Waals surface area (Å²) >= 11 is 0.766. The molecule has 0 radical (unpaired) electrons. The van der Waals surface area contributed by atoms with Gasteiger partial charge in [0, 0.05) is 31.7 Å². The van der Waals surface area contributed by atoms with Gasteiger partial charge in [-0.3, -0.25) is 0 Å². The molecule has 1 rings (SSSR count). The van der Waals surface area contributed by atoms with Gasteiger partial charge in [-0.25, -0.2) is 0 Å². The minimum absolute atomic E-state index is 0.286. The fourth-order valence-corrected chi connectivity index (χ4v) is 1.89. The maximum atomic E-state index is 12.3. The quantitative estimate of drug-likeness (QED) is 0.812. The number of aromatic nitrogens is 2. The Hall–Kier alpha value is -0.890. The minimum atomic E-state index is -4.47. The number of alkyl halides is 3. The number of nitrogens with zero attached hydrogens (tertiary/aromatic N) is 3. The molecular formula is C10H17F3N4S. The fraction of sp³-hybridized carbons (Fsp3) is 0.800. The van der Waals surface area contributed by atoms with Crippen LogP contribution in [0, 0.1) is 5.92 Å². The number of hydrogen-bond donors (Lipinski definition) is 1. The lowest BCUT2D eigenvalue weighted by Gasteiger charge is -2.16. The zero-order valence-electron chi connectivity index (χ0n) is 10.6. The molecule has 0 amide bonds. The molecule has 0 bridgehead atoms. The SMILES string of the molecule is CC(C)CNCCN(C)c1nc(C(F)(F)F)ns1. The van der Waals surface area contributed by atoms with Crippen LogP contribution in [0.2, 0.25) is 0 Å². The lowest BCUT2D eigenvalue weighted by molar-refractivity contribution is -0.144. The van der Waals surface area contributed by atoms with Gasteiger partial charge < -0.3 is 10.2 Å². The molecule has 0 unspecified atom stereocenters. The van der Waals surface area contributed by atoms with Gasteiger partial charge in [0.05, 0.1) is 0 Å². The first-order valence-electron chi connectivity index (χ1n) is 5.63.